The van der Waals surface area contributed by atoms with E-state index >= 15 is 0 Å². The number of aryl methyl sites for hydroxylation is 1. The van der Waals surface area contributed by atoms with E-state index in [9.17, 15) is 13.2 Å². The van der Waals surface area contributed by atoms with Crippen LogP contribution in [0, 0.1) is 13.8 Å². The fourth-order valence-corrected chi connectivity index (χ4v) is 3.86. The van der Waals surface area contributed by atoms with Crippen LogP contribution in [-0.4, -0.2) is 66.4 Å². The molecule has 0 bridgehead atoms. The summed E-state index contributed by atoms with van der Waals surface area (Å²) in [5.41, 5.74) is 2.82. The van der Waals surface area contributed by atoms with Gasteiger partial charge in [-0.1, -0.05) is 0 Å². The van der Waals surface area contributed by atoms with Crippen molar-refractivity contribution in [1.82, 2.24) is 13.8 Å². The van der Waals surface area contributed by atoms with E-state index in [1.165, 1.54) is 4.31 Å². The van der Waals surface area contributed by atoms with Crippen molar-refractivity contribution in [2.45, 2.75) is 20.8 Å². The van der Waals surface area contributed by atoms with Crippen LogP contribution in [0.5, 0.6) is 0 Å². The van der Waals surface area contributed by atoms with Gasteiger partial charge in [-0.3, -0.25) is 9.69 Å². The van der Waals surface area contributed by atoms with Gasteiger partial charge in [-0.05, 0) is 26.8 Å². The summed E-state index contributed by atoms with van der Waals surface area (Å²) in [6.07, 6.45) is 0. The standard InChI is InChI=1S/C15H25N3O3S/c1-5-22(20,21)18-8-6-17(7-9-18)11-15(19)14-10-12(2)16(4)13(14)3/h10H,5-9,11H2,1-4H3. The van der Waals surface area contributed by atoms with Gasteiger partial charge in [0.2, 0.25) is 10.0 Å². The van der Waals surface area contributed by atoms with E-state index in [0.717, 1.165) is 17.0 Å². The Hall–Kier alpha value is -1.18. The van der Waals surface area contributed by atoms with E-state index in [0.29, 0.717) is 32.7 Å². The Morgan fingerprint density at radius 2 is 1.77 bits per heavy atom. The Kier molecular flexibility index (Phi) is 5.09. The minimum atomic E-state index is -3.12. The predicted molar refractivity (Wildman–Crippen MR) is 86.7 cm³/mol. The molecule has 22 heavy (non-hydrogen) atoms. The minimum absolute atomic E-state index is 0.105. The van der Waals surface area contributed by atoms with Crippen LogP contribution in [0.3, 0.4) is 0 Å². The van der Waals surface area contributed by atoms with Gasteiger partial charge in [0.15, 0.2) is 5.78 Å². The maximum Gasteiger partial charge on any atom is 0.213 e. The normalized spacial score (nSPS) is 17.8. The Bertz CT molecular complexity index is 656. The summed E-state index contributed by atoms with van der Waals surface area (Å²) in [6, 6.07) is 1.93. The molecule has 7 heteroatoms. The van der Waals surface area contributed by atoms with E-state index in [2.05, 4.69) is 0 Å². The molecule has 124 valence electrons. The fraction of sp³-hybridized carbons (Fsp3) is 0.667. The second kappa shape index (κ2) is 6.52. The number of sulfonamides is 1. The number of carbonyl (C=O) groups excluding carboxylic acids is 1. The van der Waals surface area contributed by atoms with Crippen molar-refractivity contribution in [1.29, 1.82) is 0 Å². The molecule has 0 amide bonds. The Balaban J connectivity index is 1.96. The number of carbonyl (C=O) groups is 1. The summed E-state index contributed by atoms with van der Waals surface area (Å²) in [5.74, 6) is 0.238. The third kappa shape index (κ3) is 3.42. The first-order chi connectivity index (χ1) is 10.3. The van der Waals surface area contributed by atoms with Crippen LogP contribution in [0.25, 0.3) is 0 Å². The molecule has 0 radical (unpaired) electrons. The Morgan fingerprint density at radius 3 is 2.23 bits per heavy atom. The summed E-state index contributed by atoms with van der Waals surface area (Å²) >= 11 is 0. The molecule has 1 aliphatic heterocycles. The van der Waals surface area contributed by atoms with Gasteiger partial charge in [-0.25, -0.2) is 8.42 Å². The van der Waals surface area contributed by atoms with Gasteiger partial charge in [-0.15, -0.1) is 0 Å². The molecule has 2 heterocycles. The van der Waals surface area contributed by atoms with Gasteiger partial charge in [0, 0.05) is 50.2 Å². The highest BCUT2D eigenvalue weighted by Gasteiger charge is 2.27. The number of ketones is 1. The number of hydrogen-bond donors (Lipinski definition) is 0. The lowest BCUT2D eigenvalue weighted by atomic mass is 10.1. The van der Waals surface area contributed by atoms with Crippen LogP contribution < -0.4 is 0 Å². The molecule has 1 saturated heterocycles. The van der Waals surface area contributed by atoms with Gasteiger partial charge in [0.05, 0.1) is 12.3 Å². The van der Waals surface area contributed by atoms with Gasteiger partial charge in [-0.2, -0.15) is 4.31 Å². The lowest BCUT2D eigenvalue weighted by Crippen LogP contribution is -2.50. The smallest absolute Gasteiger partial charge is 0.213 e. The highest BCUT2D eigenvalue weighted by molar-refractivity contribution is 7.89. The monoisotopic (exact) mass is 327 g/mol. The van der Waals surface area contributed by atoms with Crippen molar-refractivity contribution < 1.29 is 13.2 Å². The molecule has 2 rings (SSSR count). The molecule has 0 N–H and O–H groups in total. The summed E-state index contributed by atoms with van der Waals surface area (Å²) in [5, 5.41) is 0. The number of aromatic nitrogens is 1. The average molecular weight is 327 g/mol. The molecule has 1 aromatic rings. The molecule has 6 nitrogen and oxygen atoms in total. The second-order valence-electron chi connectivity index (χ2n) is 5.84. The molecule has 0 unspecified atom stereocenters. The van der Waals surface area contributed by atoms with Crippen molar-refractivity contribution in [2.24, 2.45) is 7.05 Å². The molecular weight excluding hydrogens is 302 g/mol. The van der Waals surface area contributed by atoms with Gasteiger partial charge in [0.1, 0.15) is 0 Å². The molecule has 0 aromatic carbocycles. The van der Waals surface area contributed by atoms with E-state index in [1.807, 2.05) is 36.4 Å². The topological polar surface area (TPSA) is 62.6 Å². The zero-order valence-corrected chi connectivity index (χ0v) is 14.6. The molecule has 1 aromatic heterocycles. The van der Waals surface area contributed by atoms with E-state index in [1.54, 1.807) is 6.92 Å². The van der Waals surface area contributed by atoms with Crippen molar-refractivity contribution >= 4 is 15.8 Å². The fourth-order valence-electron chi connectivity index (χ4n) is 2.77. The molecule has 0 aliphatic carbocycles. The maximum absolute atomic E-state index is 12.4. The lowest BCUT2D eigenvalue weighted by Gasteiger charge is -2.33. The van der Waals surface area contributed by atoms with Crippen LogP contribution in [0.2, 0.25) is 0 Å². The van der Waals surface area contributed by atoms with Crippen molar-refractivity contribution in [3.63, 3.8) is 0 Å². The van der Waals surface area contributed by atoms with Crippen molar-refractivity contribution in [2.75, 3.05) is 38.5 Å². The highest BCUT2D eigenvalue weighted by Crippen LogP contribution is 2.15. The number of piperazine rings is 1. The van der Waals surface area contributed by atoms with E-state index < -0.39 is 10.0 Å². The summed E-state index contributed by atoms with van der Waals surface area (Å²) in [7, 11) is -1.16. The van der Waals surface area contributed by atoms with Crippen molar-refractivity contribution in [3.05, 3.63) is 23.0 Å². The minimum Gasteiger partial charge on any atom is -0.351 e. The Morgan fingerprint density at radius 1 is 1.18 bits per heavy atom. The molecule has 0 saturated carbocycles. The van der Waals surface area contributed by atoms with Gasteiger partial charge >= 0.3 is 0 Å². The number of hydrogen-bond acceptors (Lipinski definition) is 4. The number of nitrogens with zero attached hydrogens (tertiary/aromatic N) is 3. The van der Waals surface area contributed by atoms with Crippen molar-refractivity contribution in [3.8, 4) is 0 Å². The van der Waals surface area contributed by atoms with Crippen LogP contribution in [-0.2, 0) is 17.1 Å². The Labute approximate surface area is 132 Å². The molecule has 0 atom stereocenters. The maximum atomic E-state index is 12.4. The first-order valence-electron chi connectivity index (χ1n) is 7.62. The largest absolute Gasteiger partial charge is 0.351 e. The highest BCUT2D eigenvalue weighted by atomic mass is 32.2. The molecule has 1 aliphatic rings. The van der Waals surface area contributed by atoms with E-state index in [-0.39, 0.29) is 11.5 Å². The number of Topliss-reactive ketones (excluding diaryl/α,β-unsaturated/α-hetero) is 1. The quantitative estimate of drug-likeness (QED) is 0.750. The van der Waals surface area contributed by atoms with Crippen LogP contribution in [0.15, 0.2) is 6.07 Å². The second-order valence-corrected chi connectivity index (χ2v) is 8.10. The van der Waals surface area contributed by atoms with Gasteiger partial charge in [0.25, 0.3) is 0 Å². The first kappa shape index (κ1) is 17.2. The third-order valence-corrected chi connectivity index (χ3v) is 6.41. The number of rotatable bonds is 5. The zero-order chi connectivity index (χ0) is 16.5. The first-order valence-corrected chi connectivity index (χ1v) is 9.23. The van der Waals surface area contributed by atoms with E-state index in [4.69, 9.17) is 0 Å². The van der Waals surface area contributed by atoms with Crippen LogP contribution in [0.4, 0.5) is 0 Å². The lowest BCUT2D eigenvalue weighted by molar-refractivity contribution is 0.0901. The predicted octanol–water partition coefficient (Wildman–Crippen LogP) is 0.792. The summed E-state index contributed by atoms with van der Waals surface area (Å²) in [4.78, 5) is 14.5. The third-order valence-electron chi connectivity index (χ3n) is 4.53. The summed E-state index contributed by atoms with van der Waals surface area (Å²) < 4.78 is 27.2. The van der Waals surface area contributed by atoms with Crippen LogP contribution in [0.1, 0.15) is 28.7 Å². The van der Waals surface area contributed by atoms with Crippen LogP contribution >= 0.6 is 0 Å². The van der Waals surface area contributed by atoms with Gasteiger partial charge < -0.3 is 4.57 Å². The molecule has 1 fully saturated rings. The summed E-state index contributed by atoms with van der Waals surface area (Å²) in [6.45, 7) is 8.10. The molecular formula is C15H25N3O3S. The molecule has 0 spiro atoms. The zero-order valence-electron chi connectivity index (χ0n) is 13.8. The SMILES string of the molecule is CCS(=O)(=O)N1CCN(CC(=O)c2cc(C)n(C)c2C)CC1. The average Bonchev–Trinajstić information content (AvgIpc) is 2.75.